The standard InChI is InChI=1S/C21H28F3N3O2S/c1-14-17(2-3-18(25-14)21(22,23)24)30-27-6-4-20(5-7-27)10-16(11-29-20)26-15-8-19(9-15)12-28-13-19/h2-3,15-16,26H,4-13H2,1H3. The van der Waals surface area contributed by atoms with Crippen molar-refractivity contribution in [2.45, 2.75) is 67.8 Å². The molecule has 30 heavy (non-hydrogen) atoms. The van der Waals surface area contributed by atoms with Gasteiger partial charge in [0.05, 0.1) is 31.1 Å². The third kappa shape index (κ3) is 4.11. The van der Waals surface area contributed by atoms with Crippen LogP contribution in [0.5, 0.6) is 0 Å². The van der Waals surface area contributed by atoms with E-state index in [4.69, 9.17) is 9.47 Å². The molecule has 3 aliphatic heterocycles. The third-order valence-electron chi connectivity index (χ3n) is 7.04. The zero-order valence-corrected chi connectivity index (χ0v) is 18.0. The average Bonchev–Trinajstić information content (AvgIpc) is 3.01. The number of piperidine rings is 1. The number of alkyl halides is 3. The van der Waals surface area contributed by atoms with E-state index in [1.807, 2.05) is 0 Å². The summed E-state index contributed by atoms with van der Waals surface area (Å²) in [4.78, 5) is 4.52. The predicted octanol–water partition coefficient (Wildman–Crippen LogP) is 3.81. The monoisotopic (exact) mass is 443 g/mol. The molecule has 1 unspecified atom stereocenters. The molecule has 4 aliphatic rings. The Morgan fingerprint density at radius 1 is 1.13 bits per heavy atom. The van der Waals surface area contributed by atoms with E-state index in [1.165, 1.54) is 30.9 Å². The molecule has 1 aliphatic carbocycles. The van der Waals surface area contributed by atoms with Gasteiger partial charge in [-0.2, -0.15) is 13.2 Å². The molecule has 3 saturated heterocycles. The highest BCUT2D eigenvalue weighted by atomic mass is 32.2. The highest BCUT2D eigenvalue weighted by Crippen LogP contribution is 2.48. The molecule has 0 aromatic carbocycles. The van der Waals surface area contributed by atoms with Crippen LogP contribution in [0.2, 0.25) is 0 Å². The Morgan fingerprint density at radius 3 is 2.47 bits per heavy atom. The number of ether oxygens (including phenoxy) is 2. The first-order valence-electron chi connectivity index (χ1n) is 10.7. The zero-order valence-electron chi connectivity index (χ0n) is 17.1. The van der Waals surface area contributed by atoms with Crippen LogP contribution in [0.1, 0.15) is 43.5 Å². The second-order valence-corrected chi connectivity index (χ2v) is 10.6. The minimum absolute atomic E-state index is 0.0524. The van der Waals surface area contributed by atoms with Gasteiger partial charge in [-0.25, -0.2) is 9.29 Å². The van der Waals surface area contributed by atoms with Crippen molar-refractivity contribution < 1.29 is 22.6 Å². The number of halogens is 3. The first-order chi connectivity index (χ1) is 14.2. The quantitative estimate of drug-likeness (QED) is 0.715. The summed E-state index contributed by atoms with van der Waals surface area (Å²) in [6, 6.07) is 3.62. The molecule has 9 heteroatoms. The lowest BCUT2D eigenvalue weighted by atomic mass is 9.64. The number of rotatable bonds is 4. The van der Waals surface area contributed by atoms with Crippen molar-refractivity contribution in [3.8, 4) is 0 Å². The van der Waals surface area contributed by atoms with Crippen molar-refractivity contribution in [2.75, 3.05) is 32.9 Å². The van der Waals surface area contributed by atoms with Crippen LogP contribution in [0.3, 0.4) is 0 Å². The lowest BCUT2D eigenvalue weighted by Crippen LogP contribution is -2.60. The normalized spacial score (nSPS) is 28.6. The molecule has 1 atom stereocenters. The summed E-state index contributed by atoms with van der Waals surface area (Å²) >= 11 is 1.51. The van der Waals surface area contributed by atoms with Crippen molar-refractivity contribution >= 4 is 11.9 Å². The summed E-state index contributed by atoms with van der Waals surface area (Å²) in [5, 5.41) is 3.79. The summed E-state index contributed by atoms with van der Waals surface area (Å²) < 4.78 is 52.3. The highest BCUT2D eigenvalue weighted by molar-refractivity contribution is 7.97. The van der Waals surface area contributed by atoms with Crippen LogP contribution in [0.4, 0.5) is 13.2 Å². The van der Waals surface area contributed by atoms with Gasteiger partial charge in [-0.05, 0) is 63.1 Å². The number of aromatic nitrogens is 1. The van der Waals surface area contributed by atoms with Crippen LogP contribution < -0.4 is 5.32 Å². The number of hydrogen-bond donors (Lipinski definition) is 1. The van der Waals surface area contributed by atoms with Gasteiger partial charge < -0.3 is 14.8 Å². The molecule has 0 amide bonds. The summed E-state index contributed by atoms with van der Waals surface area (Å²) in [6.07, 6.45) is 0.998. The van der Waals surface area contributed by atoms with Crippen LogP contribution in [0, 0.1) is 12.3 Å². The van der Waals surface area contributed by atoms with Gasteiger partial charge in [-0.3, -0.25) is 0 Å². The number of hydrogen-bond acceptors (Lipinski definition) is 6. The molecule has 0 bridgehead atoms. The second-order valence-electron chi connectivity index (χ2n) is 9.46. The Kier molecular flexibility index (Phi) is 5.33. The van der Waals surface area contributed by atoms with Gasteiger partial charge in [0.2, 0.25) is 0 Å². The molecule has 4 fully saturated rings. The van der Waals surface area contributed by atoms with E-state index in [1.54, 1.807) is 6.92 Å². The third-order valence-corrected chi connectivity index (χ3v) is 8.30. The maximum atomic E-state index is 12.8. The summed E-state index contributed by atoms with van der Waals surface area (Å²) in [5.41, 5.74) is 0.0138. The number of aryl methyl sites for hydroxylation is 1. The van der Waals surface area contributed by atoms with Crippen LogP contribution in [0.15, 0.2) is 17.0 Å². The summed E-state index contributed by atoms with van der Waals surface area (Å²) in [7, 11) is 0. The molecule has 5 nitrogen and oxygen atoms in total. The Hall–Kier alpha value is -0.870. The van der Waals surface area contributed by atoms with Gasteiger partial charge in [0.15, 0.2) is 0 Å². The van der Waals surface area contributed by atoms with Crippen molar-refractivity contribution in [1.29, 1.82) is 0 Å². The molecule has 5 rings (SSSR count). The molecule has 166 valence electrons. The molecule has 1 aromatic heterocycles. The van der Waals surface area contributed by atoms with Gasteiger partial charge in [0.1, 0.15) is 5.69 Å². The fourth-order valence-electron chi connectivity index (χ4n) is 5.29. The Labute approximate surface area is 179 Å². The number of nitrogens with zero attached hydrogens (tertiary/aromatic N) is 2. The van der Waals surface area contributed by atoms with E-state index in [0.29, 0.717) is 23.2 Å². The van der Waals surface area contributed by atoms with Gasteiger partial charge >= 0.3 is 6.18 Å². The van der Waals surface area contributed by atoms with E-state index in [0.717, 1.165) is 63.1 Å². The highest BCUT2D eigenvalue weighted by Gasteiger charge is 2.51. The van der Waals surface area contributed by atoms with Gasteiger partial charge in [-0.15, -0.1) is 0 Å². The maximum Gasteiger partial charge on any atom is 0.433 e. The van der Waals surface area contributed by atoms with Crippen molar-refractivity contribution in [1.82, 2.24) is 14.6 Å². The largest absolute Gasteiger partial charge is 0.433 e. The molecular weight excluding hydrogens is 415 g/mol. The SMILES string of the molecule is Cc1nc(C(F)(F)F)ccc1SN1CCC2(CC1)CC(NC1CC3(COC3)C1)CO2. The Balaban J connectivity index is 1.10. The molecule has 1 N–H and O–H groups in total. The lowest BCUT2D eigenvalue weighted by Gasteiger charge is -2.54. The van der Waals surface area contributed by atoms with Gasteiger partial charge in [-0.1, -0.05) is 0 Å². The van der Waals surface area contributed by atoms with Crippen LogP contribution in [-0.2, 0) is 15.7 Å². The predicted molar refractivity (Wildman–Crippen MR) is 107 cm³/mol. The van der Waals surface area contributed by atoms with Crippen molar-refractivity contribution in [3.63, 3.8) is 0 Å². The van der Waals surface area contributed by atoms with Crippen molar-refractivity contribution in [3.05, 3.63) is 23.5 Å². The van der Waals surface area contributed by atoms with Crippen LogP contribution in [-0.4, -0.2) is 59.9 Å². The topological polar surface area (TPSA) is 46.6 Å². The molecule has 0 radical (unpaired) electrons. The fraction of sp³-hybridized carbons (Fsp3) is 0.762. The van der Waals surface area contributed by atoms with E-state index in [9.17, 15) is 13.2 Å². The Bertz CT molecular complexity index is 786. The number of pyridine rings is 1. The summed E-state index contributed by atoms with van der Waals surface area (Å²) in [5.74, 6) is 0. The molecule has 1 saturated carbocycles. The molecule has 2 spiro atoms. The van der Waals surface area contributed by atoms with Crippen LogP contribution in [0.25, 0.3) is 0 Å². The van der Waals surface area contributed by atoms with Crippen LogP contribution >= 0.6 is 11.9 Å². The Morgan fingerprint density at radius 2 is 1.87 bits per heavy atom. The molecular formula is C21H28F3N3O2S. The minimum Gasteiger partial charge on any atom is -0.380 e. The maximum absolute atomic E-state index is 12.8. The lowest BCUT2D eigenvalue weighted by molar-refractivity contribution is -0.168. The molecule has 4 heterocycles. The zero-order chi connectivity index (χ0) is 21.0. The van der Waals surface area contributed by atoms with E-state index in [-0.39, 0.29) is 5.60 Å². The second kappa shape index (κ2) is 7.62. The van der Waals surface area contributed by atoms with E-state index in [2.05, 4.69) is 14.6 Å². The fourth-order valence-corrected chi connectivity index (χ4v) is 6.24. The van der Waals surface area contributed by atoms with Gasteiger partial charge in [0, 0.05) is 35.5 Å². The van der Waals surface area contributed by atoms with Gasteiger partial charge in [0.25, 0.3) is 0 Å². The molecule has 1 aromatic rings. The number of nitrogens with one attached hydrogen (secondary N) is 1. The first kappa shape index (κ1) is 21.0. The smallest absolute Gasteiger partial charge is 0.380 e. The summed E-state index contributed by atoms with van der Waals surface area (Å²) in [6.45, 7) is 5.99. The first-order valence-corrected chi connectivity index (χ1v) is 11.5. The average molecular weight is 444 g/mol. The van der Waals surface area contributed by atoms with E-state index >= 15 is 0 Å². The van der Waals surface area contributed by atoms with Crippen molar-refractivity contribution in [2.24, 2.45) is 5.41 Å². The van der Waals surface area contributed by atoms with E-state index < -0.39 is 11.9 Å². The minimum atomic E-state index is -4.40.